The third kappa shape index (κ3) is 2.41. The van der Waals surface area contributed by atoms with Gasteiger partial charge >= 0.3 is 0 Å². The van der Waals surface area contributed by atoms with Gasteiger partial charge in [0, 0.05) is 12.5 Å². The van der Waals surface area contributed by atoms with Crippen LogP contribution >= 0.6 is 0 Å². The Bertz CT molecular complexity index is 413. The van der Waals surface area contributed by atoms with Gasteiger partial charge in [-0.25, -0.2) is 4.39 Å². The third-order valence-electron chi connectivity index (χ3n) is 3.81. The molecule has 0 spiro atoms. The number of halogens is 1. The van der Waals surface area contributed by atoms with Gasteiger partial charge in [-0.2, -0.15) is 0 Å². The smallest absolute Gasteiger partial charge is 0.142 e. The molecule has 5 heteroatoms. The van der Waals surface area contributed by atoms with Crippen molar-refractivity contribution in [2.75, 3.05) is 6.54 Å². The van der Waals surface area contributed by atoms with E-state index in [1.54, 1.807) is 6.08 Å². The van der Waals surface area contributed by atoms with E-state index in [9.17, 15) is 4.39 Å². The predicted octanol–water partition coefficient (Wildman–Crippen LogP) is 1.06. The lowest BCUT2D eigenvalue weighted by atomic mass is 9.80. The zero-order valence-electron chi connectivity index (χ0n) is 10.9. The second kappa shape index (κ2) is 5.10. The standard InChI is InChI=1S/C13H21FN4/c1-3-8-4-11(15)10(14)5-9(8)12-6-17-7(2)13(16)18-12/h4-5,7-9,12,17H,3,6,15H2,1-2H3,(H2,16,18)/t7-,8?,9?,12+/m1/s1. The molecule has 0 aromatic carbocycles. The maximum atomic E-state index is 13.6. The molecule has 0 amide bonds. The molecule has 4 nitrogen and oxygen atoms in total. The first-order valence-electron chi connectivity index (χ1n) is 6.44. The highest BCUT2D eigenvalue weighted by Gasteiger charge is 2.32. The SMILES string of the molecule is CCC1C=C(N)C(F)=CC1[C@@H]1CN[C@H](C)C(N)=N1. The van der Waals surface area contributed by atoms with E-state index >= 15 is 0 Å². The van der Waals surface area contributed by atoms with Crippen molar-refractivity contribution >= 4 is 5.84 Å². The van der Waals surface area contributed by atoms with Gasteiger partial charge in [-0.1, -0.05) is 13.0 Å². The van der Waals surface area contributed by atoms with Crippen LogP contribution in [0.5, 0.6) is 0 Å². The van der Waals surface area contributed by atoms with Gasteiger partial charge in [-0.3, -0.25) is 4.99 Å². The minimum Gasteiger partial charge on any atom is -0.397 e. The topological polar surface area (TPSA) is 76.4 Å². The number of nitrogens with zero attached hydrogens (tertiary/aromatic N) is 1. The van der Waals surface area contributed by atoms with E-state index in [2.05, 4.69) is 17.2 Å². The van der Waals surface area contributed by atoms with E-state index < -0.39 is 0 Å². The van der Waals surface area contributed by atoms with Crippen molar-refractivity contribution in [3.63, 3.8) is 0 Å². The highest BCUT2D eigenvalue weighted by Crippen LogP contribution is 2.32. The number of rotatable bonds is 2. The van der Waals surface area contributed by atoms with Crippen LogP contribution < -0.4 is 16.8 Å². The molecule has 0 aromatic rings. The molecule has 0 radical (unpaired) electrons. The number of hydrogen-bond donors (Lipinski definition) is 3. The fourth-order valence-corrected chi connectivity index (χ4v) is 2.57. The number of nitrogens with two attached hydrogens (primary N) is 2. The first-order chi connectivity index (χ1) is 8.52. The van der Waals surface area contributed by atoms with Crippen molar-refractivity contribution in [1.29, 1.82) is 0 Å². The molecule has 4 atom stereocenters. The summed E-state index contributed by atoms with van der Waals surface area (Å²) in [7, 11) is 0. The third-order valence-corrected chi connectivity index (χ3v) is 3.81. The first kappa shape index (κ1) is 13.1. The van der Waals surface area contributed by atoms with Crippen molar-refractivity contribution in [3.8, 4) is 0 Å². The highest BCUT2D eigenvalue weighted by atomic mass is 19.1. The molecule has 2 rings (SSSR count). The van der Waals surface area contributed by atoms with E-state index in [1.165, 1.54) is 0 Å². The molecule has 0 aromatic heterocycles. The molecule has 1 aliphatic heterocycles. The minimum absolute atomic E-state index is 0.0127. The fraction of sp³-hybridized carbons (Fsp3) is 0.615. The molecule has 1 heterocycles. The molecule has 0 saturated heterocycles. The van der Waals surface area contributed by atoms with Crippen LogP contribution in [0.3, 0.4) is 0 Å². The van der Waals surface area contributed by atoms with Crippen molar-refractivity contribution in [3.05, 3.63) is 23.7 Å². The maximum Gasteiger partial charge on any atom is 0.142 e. The van der Waals surface area contributed by atoms with E-state index in [0.717, 1.165) is 13.0 Å². The normalized spacial score (nSPS) is 36.7. The highest BCUT2D eigenvalue weighted by molar-refractivity contribution is 5.86. The minimum atomic E-state index is -0.336. The van der Waals surface area contributed by atoms with Crippen molar-refractivity contribution in [2.45, 2.75) is 32.4 Å². The molecule has 1 aliphatic carbocycles. The van der Waals surface area contributed by atoms with Crippen LogP contribution in [0, 0.1) is 11.8 Å². The molecule has 2 unspecified atom stereocenters. The summed E-state index contributed by atoms with van der Waals surface area (Å²) in [4.78, 5) is 4.50. The quantitative estimate of drug-likeness (QED) is 0.687. The summed E-state index contributed by atoms with van der Waals surface area (Å²) in [6.07, 6.45) is 4.32. The average molecular weight is 252 g/mol. The van der Waals surface area contributed by atoms with Crippen molar-refractivity contribution in [2.24, 2.45) is 28.3 Å². The maximum absolute atomic E-state index is 13.6. The monoisotopic (exact) mass is 252 g/mol. The van der Waals surface area contributed by atoms with E-state index in [-0.39, 0.29) is 35.4 Å². The Labute approximate surface area is 107 Å². The number of aliphatic imine (C=N–C) groups is 1. The summed E-state index contributed by atoms with van der Waals surface area (Å²) in [5.74, 6) is 0.511. The van der Waals surface area contributed by atoms with Gasteiger partial charge in [0.25, 0.3) is 0 Å². The molecule has 5 N–H and O–H groups in total. The van der Waals surface area contributed by atoms with Crippen LogP contribution in [0.15, 0.2) is 28.7 Å². The molecule has 0 bridgehead atoms. The summed E-state index contributed by atoms with van der Waals surface area (Å²) in [6.45, 7) is 4.77. The van der Waals surface area contributed by atoms with Gasteiger partial charge in [-0.05, 0) is 25.3 Å². The lowest BCUT2D eigenvalue weighted by Crippen LogP contribution is -2.50. The van der Waals surface area contributed by atoms with Crippen LogP contribution in [0.1, 0.15) is 20.3 Å². The summed E-state index contributed by atoms with van der Waals surface area (Å²) >= 11 is 0. The number of amidine groups is 1. The zero-order chi connectivity index (χ0) is 13.3. The zero-order valence-corrected chi connectivity index (χ0v) is 10.9. The Kier molecular flexibility index (Phi) is 3.71. The molecular formula is C13H21FN4. The van der Waals surface area contributed by atoms with Crippen LogP contribution in [0.25, 0.3) is 0 Å². The second-order valence-electron chi connectivity index (χ2n) is 5.04. The first-order valence-corrected chi connectivity index (χ1v) is 6.44. The Morgan fingerprint density at radius 2 is 2.17 bits per heavy atom. The van der Waals surface area contributed by atoms with Gasteiger partial charge in [0.05, 0.1) is 17.8 Å². The fourth-order valence-electron chi connectivity index (χ4n) is 2.57. The Hall–Kier alpha value is -1.36. The van der Waals surface area contributed by atoms with Crippen molar-refractivity contribution < 1.29 is 4.39 Å². The Morgan fingerprint density at radius 1 is 1.44 bits per heavy atom. The van der Waals surface area contributed by atoms with Gasteiger partial charge in [0.1, 0.15) is 11.7 Å². The number of allylic oxidation sites excluding steroid dienone is 2. The lowest BCUT2D eigenvalue weighted by Gasteiger charge is -2.34. The van der Waals surface area contributed by atoms with Crippen LogP contribution in [-0.2, 0) is 0 Å². The summed E-state index contributed by atoms with van der Waals surface area (Å²) in [6, 6.07) is 0.0839. The van der Waals surface area contributed by atoms with Crippen molar-refractivity contribution in [1.82, 2.24) is 5.32 Å². The molecule has 2 aliphatic rings. The molecule has 0 saturated carbocycles. The summed E-state index contributed by atoms with van der Waals surface area (Å²) < 4.78 is 13.6. The summed E-state index contributed by atoms with van der Waals surface area (Å²) in [5, 5.41) is 3.29. The van der Waals surface area contributed by atoms with E-state index in [0.29, 0.717) is 5.84 Å². The molecular weight excluding hydrogens is 231 g/mol. The second-order valence-corrected chi connectivity index (χ2v) is 5.04. The average Bonchev–Trinajstić information content (AvgIpc) is 2.35. The van der Waals surface area contributed by atoms with Crippen LogP contribution in [0.2, 0.25) is 0 Å². The predicted molar refractivity (Wildman–Crippen MR) is 71.6 cm³/mol. The Morgan fingerprint density at radius 3 is 2.78 bits per heavy atom. The summed E-state index contributed by atoms with van der Waals surface area (Å²) in [5.41, 5.74) is 11.7. The lowest BCUT2D eigenvalue weighted by molar-refractivity contribution is 0.346. The van der Waals surface area contributed by atoms with Gasteiger partial charge in [0.2, 0.25) is 0 Å². The van der Waals surface area contributed by atoms with Crippen LogP contribution in [0.4, 0.5) is 4.39 Å². The molecule has 0 fully saturated rings. The number of hydrogen-bond acceptors (Lipinski definition) is 4. The number of nitrogens with one attached hydrogen (secondary N) is 1. The van der Waals surface area contributed by atoms with Gasteiger partial charge < -0.3 is 16.8 Å². The largest absolute Gasteiger partial charge is 0.397 e. The molecule has 18 heavy (non-hydrogen) atoms. The van der Waals surface area contributed by atoms with Gasteiger partial charge in [0.15, 0.2) is 0 Å². The van der Waals surface area contributed by atoms with Gasteiger partial charge in [-0.15, -0.1) is 0 Å². The van der Waals surface area contributed by atoms with E-state index in [1.807, 2.05) is 13.0 Å². The van der Waals surface area contributed by atoms with Crippen LogP contribution in [-0.4, -0.2) is 24.5 Å². The Balaban J connectivity index is 2.23. The van der Waals surface area contributed by atoms with E-state index in [4.69, 9.17) is 11.5 Å². The molecule has 100 valence electrons.